The molecule has 0 radical (unpaired) electrons. The molecule has 2 aliphatic rings. The molecule has 1 saturated heterocycles. The van der Waals surface area contributed by atoms with Gasteiger partial charge in [0.25, 0.3) is 0 Å². The van der Waals surface area contributed by atoms with Gasteiger partial charge in [0.2, 0.25) is 5.91 Å². The molecule has 1 amide bonds. The van der Waals surface area contributed by atoms with E-state index in [4.69, 9.17) is 5.73 Å². The van der Waals surface area contributed by atoms with Gasteiger partial charge in [0.05, 0.1) is 0 Å². The maximum absolute atomic E-state index is 12.8. The van der Waals surface area contributed by atoms with Crippen LogP contribution in [0.1, 0.15) is 56.6 Å². The molecule has 1 aliphatic carbocycles. The molecule has 3 rings (SSSR count). The highest BCUT2D eigenvalue weighted by Crippen LogP contribution is 2.35. The number of carbonyl (C=O) groups is 1. The zero-order valence-electron chi connectivity index (χ0n) is 14.3. The number of hydrogen-bond acceptors (Lipinski definition) is 2. The molecular weight excluding hydrogens is 308 g/mol. The molecule has 0 bridgehead atoms. The Balaban J connectivity index is 0.00000192. The molecule has 1 aromatic carbocycles. The van der Waals surface area contributed by atoms with E-state index in [1.54, 1.807) is 0 Å². The summed E-state index contributed by atoms with van der Waals surface area (Å²) in [5.41, 5.74) is 9.05. The van der Waals surface area contributed by atoms with E-state index in [9.17, 15) is 4.79 Å². The first kappa shape index (κ1) is 18.3. The second kappa shape index (κ2) is 7.23. The van der Waals surface area contributed by atoms with Crippen molar-refractivity contribution in [3.8, 4) is 0 Å². The standard InChI is InChI=1S/C19H28N2O.ClH/c1-19(2)13-21(11-10-17(19)20)18(22)12-15-8-5-7-14-6-3-4-9-16(14)15;/h3-4,6,9,15,17H,5,7-8,10-13,20H2,1-2H3;1H. The summed E-state index contributed by atoms with van der Waals surface area (Å²) in [5, 5.41) is 0. The quantitative estimate of drug-likeness (QED) is 0.898. The van der Waals surface area contributed by atoms with E-state index in [1.807, 2.05) is 4.90 Å². The smallest absolute Gasteiger partial charge is 0.223 e. The fourth-order valence-corrected chi connectivity index (χ4v) is 3.99. The normalized spacial score (nSPS) is 26.1. The fourth-order valence-electron chi connectivity index (χ4n) is 3.99. The summed E-state index contributed by atoms with van der Waals surface area (Å²) in [6.45, 7) is 5.96. The Hall–Kier alpha value is -1.06. The number of carbonyl (C=O) groups excluding carboxylic acids is 1. The second-order valence-electron chi connectivity index (χ2n) is 7.69. The third-order valence-corrected chi connectivity index (χ3v) is 5.58. The molecule has 1 fully saturated rings. The molecular formula is C19H29ClN2O. The Morgan fingerprint density at radius 2 is 2.04 bits per heavy atom. The van der Waals surface area contributed by atoms with Crippen molar-refractivity contribution in [2.45, 2.75) is 57.9 Å². The van der Waals surface area contributed by atoms with E-state index in [0.29, 0.717) is 18.2 Å². The molecule has 1 aromatic rings. The maximum atomic E-state index is 12.8. The van der Waals surface area contributed by atoms with Crippen molar-refractivity contribution in [2.24, 2.45) is 11.1 Å². The van der Waals surface area contributed by atoms with Gasteiger partial charge in [-0.1, -0.05) is 38.1 Å². The van der Waals surface area contributed by atoms with Gasteiger partial charge in [0.1, 0.15) is 0 Å². The number of likely N-dealkylation sites (tertiary alicyclic amines) is 1. The van der Waals surface area contributed by atoms with Crippen molar-refractivity contribution in [1.29, 1.82) is 0 Å². The zero-order chi connectivity index (χ0) is 15.7. The average molecular weight is 337 g/mol. The zero-order valence-corrected chi connectivity index (χ0v) is 15.1. The van der Waals surface area contributed by atoms with E-state index < -0.39 is 0 Å². The van der Waals surface area contributed by atoms with Crippen LogP contribution in [-0.2, 0) is 11.2 Å². The van der Waals surface area contributed by atoms with Crippen LogP contribution < -0.4 is 5.73 Å². The van der Waals surface area contributed by atoms with Gasteiger partial charge >= 0.3 is 0 Å². The molecule has 2 N–H and O–H groups in total. The number of amides is 1. The van der Waals surface area contributed by atoms with Crippen LogP contribution in [0.15, 0.2) is 24.3 Å². The molecule has 1 heterocycles. The van der Waals surface area contributed by atoms with Crippen LogP contribution in [0.4, 0.5) is 0 Å². The number of aryl methyl sites for hydroxylation is 1. The van der Waals surface area contributed by atoms with Gasteiger partial charge in [-0.05, 0) is 48.1 Å². The van der Waals surface area contributed by atoms with Crippen LogP contribution in [0.5, 0.6) is 0 Å². The Kier molecular flexibility index (Phi) is 5.74. The molecule has 1 aliphatic heterocycles. The summed E-state index contributed by atoms with van der Waals surface area (Å²) in [4.78, 5) is 14.8. The molecule has 4 heteroatoms. The first-order valence-electron chi connectivity index (χ1n) is 8.58. The van der Waals surface area contributed by atoms with E-state index in [-0.39, 0.29) is 23.9 Å². The lowest BCUT2D eigenvalue weighted by atomic mass is 9.78. The summed E-state index contributed by atoms with van der Waals surface area (Å²) < 4.78 is 0. The predicted octanol–water partition coefficient (Wildman–Crippen LogP) is 3.50. The van der Waals surface area contributed by atoms with Crippen molar-refractivity contribution in [3.63, 3.8) is 0 Å². The second-order valence-corrected chi connectivity index (χ2v) is 7.69. The molecule has 0 spiro atoms. The van der Waals surface area contributed by atoms with Gasteiger partial charge in [-0.15, -0.1) is 12.4 Å². The Bertz CT molecular complexity index is 558. The molecule has 23 heavy (non-hydrogen) atoms. The molecule has 2 unspecified atom stereocenters. The summed E-state index contributed by atoms with van der Waals surface area (Å²) in [6.07, 6.45) is 5.07. The van der Waals surface area contributed by atoms with E-state index in [0.717, 1.165) is 32.4 Å². The first-order valence-corrected chi connectivity index (χ1v) is 8.58. The van der Waals surface area contributed by atoms with Crippen molar-refractivity contribution in [1.82, 2.24) is 4.90 Å². The number of benzene rings is 1. The van der Waals surface area contributed by atoms with Crippen molar-refractivity contribution in [2.75, 3.05) is 13.1 Å². The minimum atomic E-state index is 0. The van der Waals surface area contributed by atoms with Gasteiger partial charge in [0, 0.05) is 25.6 Å². The van der Waals surface area contributed by atoms with Crippen LogP contribution >= 0.6 is 12.4 Å². The number of nitrogens with zero attached hydrogens (tertiary/aromatic N) is 1. The predicted molar refractivity (Wildman–Crippen MR) is 96.9 cm³/mol. The molecule has 0 saturated carbocycles. The number of nitrogens with two attached hydrogens (primary N) is 1. The molecule has 128 valence electrons. The molecule has 0 aromatic heterocycles. The van der Waals surface area contributed by atoms with Gasteiger partial charge in [0.15, 0.2) is 0 Å². The monoisotopic (exact) mass is 336 g/mol. The SMILES string of the molecule is CC1(C)CN(C(=O)CC2CCCc3ccccc32)CCC1N.Cl. The number of rotatable bonds is 2. The highest BCUT2D eigenvalue weighted by molar-refractivity contribution is 5.85. The van der Waals surface area contributed by atoms with Crippen LogP contribution in [0.2, 0.25) is 0 Å². The van der Waals surface area contributed by atoms with Gasteiger partial charge < -0.3 is 10.6 Å². The van der Waals surface area contributed by atoms with E-state index >= 15 is 0 Å². The Labute approximate surface area is 146 Å². The van der Waals surface area contributed by atoms with Crippen LogP contribution in [0, 0.1) is 5.41 Å². The summed E-state index contributed by atoms with van der Waals surface area (Å²) >= 11 is 0. The lowest BCUT2D eigenvalue weighted by Crippen LogP contribution is -2.54. The van der Waals surface area contributed by atoms with Crippen molar-refractivity contribution < 1.29 is 4.79 Å². The summed E-state index contributed by atoms with van der Waals surface area (Å²) in [6, 6.07) is 8.84. The minimum Gasteiger partial charge on any atom is -0.342 e. The molecule has 3 nitrogen and oxygen atoms in total. The Morgan fingerprint density at radius 3 is 2.78 bits per heavy atom. The van der Waals surface area contributed by atoms with Crippen LogP contribution in [-0.4, -0.2) is 29.9 Å². The van der Waals surface area contributed by atoms with Crippen molar-refractivity contribution in [3.05, 3.63) is 35.4 Å². The minimum absolute atomic E-state index is 0. The van der Waals surface area contributed by atoms with Gasteiger partial charge in [-0.3, -0.25) is 4.79 Å². The number of fused-ring (bicyclic) bond motifs is 1. The number of halogens is 1. The first-order chi connectivity index (χ1) is 10.5. The van der Waals surface area contributed by atoms with Gasteiger partial charge in [-0.2, -0.15) is 0 Å². The Morgan fingerprint density at radius 1 is 1.30 bits per heavy atom. The van der Waals surface area contributed by atoms with Crippen LogP contribution in [0.25, 0.3) is 0 Å². The van der Waals surface area contributed by atoms with Crippen LogP contribution in [0.3, 0.4) is 0 Å². The number of hydrogen-bond donors (Lipinski definition) is 1. The van der Waals surface area contributed by atoms with E-state index in [2.05, 4.69) is 38.1 Å². The van der Waals surface area contributed by atoms with Crippen molar-refractivity contribution >= 4 is 18.3 Å². The summed E-state index contributed by atoms with van der Waals surface area (Å²) in [5.74, 6) is 0.706. The average Bonchev–Trinajstić information content (AvgIpc) is 2.50. The largest absolute Gasteiger partial charge is 0.342 e. The lowest BCUT2D eigenvalue weighted by molar-refractivity contribution is -0.135. The maximum Gasteiger partial charge on any atom is 0.223 e. The highest BCUT2D eigenvalue weighted by Gasteiger charge is 2.36. The van der Waals surface area contributed by atoms with E-state index in [1.165, 1.54) is 17.5 Å². The third-order valence-electron chi connectivity index (χ3n) is 5.58. The third kappa shape index (κ3) is 3.89. The summed E-state index contributed by atoms with van der Waals surface area (Å²) in [7, 11) is 0. The van der Waals surface area contributed by atoms with Gasteiger partial charge in [-0.25, -0.2) is 0 Å². The lowest BCUT2D eigenvalue weighted by Gasteiger charge is -2.43. The topological polar surface area (TPSA) is 46.3 Å². The fraction of sp³-hybridized carbons (Fsp3) is 0.632. The highest BCUT2D eigenvalue weighted by atomic mass is 35.5. The molecule has 2 atom stereocenters. The number of piperidine rings is 1.